The molecule has 0 aromatic heterocycles. The van der Waals surface area contributed by atoms with Gasteiger partial charge in [-0.2, -0.15) is 0 Å². The molecule has 1 aliphatic carbocycles. The molecule has 1 fully saturated rings. The van der Waals surface area contributed by atoms with Crippen molar-refractivity contribution in [2.75, 3.05) is 31.5 Å². The van der Waals surface area contributed by atoms with E-state index in [-0.39, 0.29) is 48.3 Å². The normalized spacial score (nSPS) is 13.4. The summed E-state index contributed by atoms with van der Waals surface area (Å²) in [4.78, 5) is 27.6. The SMILES string of the molecule is CCNC(=NCC(=O)Nc1cccc(F)c1)NCCNC(=O)C1CC1.I. The standard InChI is InChI=1S/C17H24FN5O2.HI/c1-2-19-17(21-9-8-20-16(25)12-6-7-12)22-11-15(24)23-14-5-3-4-13(18)10-14;/h3-5,10,12H,2,6-9,11H2,1H3,(H,20,25)(H,23,24)(H2,19,21,22);1H. The van der Waals surface area contributed by atoms with Crippen molar-refractivity contribution in [3.8, 4) is 0 Å². The van der Waals surface area contributed by atoms with Gasteiger partial charge >= 0.3 is 0 Å². The van der Waals surface area contributed by atoms with Gasteiger partial charge in [-0.05, 0) is 38.0 Å². The summed E-state index contributed by atoms with van der Waals surface area (Å²) >= 11 is 0. The summed E-state index contributed by atoms with van der Waals surface area (Å²) in [5.74, 6) is 0.0126. The number of hydrogen-bond acceptors (Lipinski definition) is 3. The van der Waals surface area contributed by atoms with Crippen LogP contribution < -0.4 is 21.3 Å². The Kier molecular flexibility index (Phi) is 9.92. The lowest BCUT2D eigenvalue weighted by Gasteiger charge is -2.12. The Hall–Kier alpha value is -1.91. The highest BCUT2D eigenvalue weighted by molar-refractivity contribution is 14.0. The third-order valence-corrected chi connectivity index (χ3v) is 3.50. The molecule has 0 saturated heterocycles. The minimum absolute atomic E-state index is 0. The highest BCUT2D eigenvalue weighted by atomic mass is 127. The summed E-state index contributed by atoms with van der Waals surface area (Å²) in [7, 11) is 0. The molecule has 2 rings (SSSR count). The van der Waals surface area contributed by atoms with Gasteiger partial charge in [0.1, 0.15) is 12.4 Å². The molecule has 1 saturated carbocycles. The van der Waals surface area contributed by atoms with Crippen LogP contribution in [-0.2, 0) is 9.59 Å². The number of rotatable bonds is 8. The first-order valence-electron chi connectivity index (χ1n) is 8.43. The summed E-state index contributed by atoms with van der Waals surface area (Å²) in [5.41, 5.74) is 0.390. The molecular weight excluding hydrogens is 452 g/mol. The Morgan fingerprint density at radius 2 is 1.92 bits per heavy atom. The number of halogens is 2. The van der Waals surface area contributed by atoms with E-state index >= 15 is 0 Å². The number of guanidine groups is 1. The highest BCUT2D eigenvalue weighted by Crippen LogP contribution is 2.28. The number of hydrogen-bond donors (Lipinski definition) is 4. The quantitative estimate of drug-likeness (QED) is 0.198. The molecule has 2 amide bonds. The second-order valence-electron chi connectivity index (χ2n) is 5.75. The molecule has 7 nitrogen and oxygen atoms in total. The van der Waals surface area contributed by atoms with Crippen LogP contribution >= 0.6 is 24.0 Å². The smallest absolute Gasteiger partial charge is 0.246 e. The molecule has 0 spiro atoms. The zero-order valence-corrected chi connectivity index (χ0v) is 17.0. The predicted octanol–water partition coefficient (Wildman–Crippen LogP) is 1.46. The zero-order valence-electron chi connectivity index (χ0n) is 14.7. The fraction of sp³-hybridized carbons (Fsp3) is 0.471. The van der Waals surface area contributed by atoms with Crippen LogP contribution in [0.4, 0.5) is 10.1 Å². The molecule has 0 aliphatic heterocycles. The van der Waals surface area contributed by atoms with Crippen molar-refractivity contribution in [1.82, 2.24) is 16.0 Å². The Morgan fingerprint density at radius 1 is 1.19 bits per heavy atom. The molecule has 1 aliphatic rings. The lowest BCUT2D eigenvalue weighted by Crippen LogP contribution is -2.42. The molecule has 26 heavy (non-hydrogen) atoms. The van der Waals surface area contributed by atoms with Crippen LogP contribution in [0.2, 0.25) is 0 Å². The molecule has 0 unspecified atom stereocenters. The number of nitrogens with zero attached hydrogens (tertiary/aromatic N) is 1. The topological polar surface area (TPSA) is 94.6 Å². The van der Waals surface area contributed by atoms with Crippen LogP contribution in [0.1, 0.15) is 19.8 Å². The number of nitrogens with one attached hydrogen (secondary N) is 4. The summed E-state index contributed by atoms with van der Waals surface area (Å²) in [6.07, 6.45) is 1.95. The van der Waals surface area contributed by atoms with E-state index in [4.69, 9.17) is 0 Å². The molecular formula is C17H25FIN5O2. The number of anilines is 1. The first kappa shape index (κ1) is 22.1. The number of carbonyl (C=O) groups is 2. The lowest BCUT2D eigenvalue weighted by molar-refractivity contribution is -0.122. The van der Waals surface area contributed by atoms with Gasteiger partial charge in [0.2, 0.25) is 11.8 Å². The summed E-state index contributed by atoms with van der Waals surface area (Å²) in [5, 5.41) is 11.5. The molecule has 4 N–H and O–H groups in total. The highest BCUT2D eigenvalue weighted by Gasteiger charge is 2.28. The van der Waals surface area contributed by atoms with Gasteiger partial charge in [0, 0.05) is 31.2 Å². The fourth-order valence-corrected chi connectivity index (χ4v) is 2.12. The van der Waals surface area contributed by atoms with E-state index in [1.54, 1.807) is 6.07 Å². The summed E-state index contributed by atoms with van der Waals surface area (Å²) < 4.78 is 13.1. The molecule has 144 valence electrons. The third-order valence-electron chi connectivity index (χ3n) is 3.50. The second kappa shape index (κ2) is 11.7. The third kappa shape index (κ3) is 8.45. The van der Waals surface area contributed by atoms with Crippen LogP contribution in [-0.4, -0.2) is 44.0 Å². The van der Waals surface area contributed by atoms with E-state index in [1.807, 2.05) is 6.92 Å². The Labute approximate surface area is 169 Å². The van der Waals surface area contributed by atoms with Crippen LogP contribution in [0.3, 0.4) is 0 Å². The Morgan fingerprint density at radius 3 is 2.58 bits per heavy atom. The zero-order chi connectivity index (χ0) is 18.1. The van der Waals surface area contributed by atoms with Crippen molar-refractivity contribution in [3.05, 3.63) is 30.1 Å². The first-order chi connectivity index (χ1) is 12.1. The van der Waals surface area contributed by atoms with Gasteiger partial charge in [0.05, 0.1) is 0 Å². The molecule has 9 heteroatoms. The van der Waals surface area contributed by atoms with Crippen LogP contribution in [0.15, 0.2) is 29.3 Å². The summed E-state index contributed by atoms with van der Waals surface area (Å²) in [6, 6.07) is 5.68. The van der Waals surface area contributed by atoms with Gasteiger partial charge in [0.25, 0.3) is 0 Å². The van der Waals surface area contributed by atoms with Gasteiger partial charge in [-0.15, -0.1) is 24.0 Å². The van der Waals surface area contributed by atoms with Crippen molar-refractivity contribution in [2.45, 2.75) is 19.8 Å². The fourth-order valence-electron chi connectivity index (χ4n) is 2.12. The van der Waals surface area contributed by atoms with Gasteiger partial charge in [0.15, 0.2) is 5.96 Å². The van der Waals surface area contributed by atoms with E-state index in [1.165, 1.54) is 18.2 Å². The second-order valence-corrected chi connectivity index (χ2v) is 5.75. The minimum atomic E-state index is -0.412. The molecule has 1 aromatic rings. The number of benzene rings is 1. The van der Waals surface area contributed by atoms with Crippen LogP contribution in [0.5, 0.6) is 0 Å². The minimum Gasteiger partial charge on any atom is -0.357 e. The number of carbonyl (C=O) groups excluding carboxylic acids is 2. The van der Waals surface area contributed by atoms with Crippen LogP contribution in [0.25, 0.3) is 0 Å². The summed E-state index contributed by atoms with van der Waals surface area (Å²) in [6.45, 7) is 3.47. The maximum absolute atomic E-state index is 13.1. The van der Waals surface area contributed by atoms with Crippen molar-refractivity contribution in [3.63, 3.8) is 0 Å². The van der Waals surface area contributed by atoms with Crippen molar-refractivity contribution in [2.24, 2.45) is 10.9 Å². The van der Waals surface area contributed by atoms with Gasteiger partial charge in [-0.1, -0.05) is 6.07 Å². The van der Waals surface area contributed by atoms with Crippen LogP contribution in [0, 0.1) is 11.7 Å². The van der Waals surface area contributed by atoms with Gasteiger partial charge < -0.3 is 21.3 Å². The van der Waals surface area contributed by atoms with E-state index in [0.29, 0.717) is 31.3 Å². The van der Waals surface area contributed by atoms with E-state index < -0.39 is 5.82 Å². The maximum atomic E-state index is 13.1. The average Bonchev–Trinajstić information content (AvgIpc) is 3.41. The van der Waals surface area contributed by atoms with E-state index in [0.717, 1.165) is 12.8 Å². The molecule has 0 bridgehead atoms. The van der Waals surface area contributed by atoms with Gasteiger partial charge in [-0.3, -0.25) is 9.59 Å². The molecule has 0 heterocycles. The predicted molar refractivity (Wildman–Crippen MR) is 110 cm³/mol. The number of aliphatic imine (C=N–C) groups is 1. The Balaban J connectivity index is 0.00000338. The first-order valence-corrected chi connectivity index (χ1v) is 8.43. The van der Waals surface area contributed by atoms with Crippen molar-refractivity contribution >= 4 is 47.4 Å². The monoisotopic (exact) mass is 477 g/mol. The van der Waals surface area contributed by atoms with Gasteiger partial charge in [-0.25, -0.2) is 9.38 Å². The molecule has 1 aromatic carbocycles. The van der Waals surface area contributed by atoms with Crippen molar-refractivity contribution < 1.29 is 14.0 Å². The van der Waals surface area contributed by atoms with E-state index in [9.17, 15) is 14.0 Å². The van der Waals surface area contributed by atoms with Crippen molar-refractivity contribution in [1.29, 1.82) is 0 Å². The molecule has 0 radical (unpaired) electrons. The van der Waals surface area contributed by atoms with E-state index in [2.05, 4.69) is 26.3 Å². The maximum Gasteiger partial charge on any atom is 0.246 e. The Bertz CT molecular complexity index is 637. The average molecular weight is 477 g/mol. The molecule has 0 atom stereocenters. The largest absolute Gasteiger partial charge is 0.357 e. The lowest BCUT2D eigenvalue weighted by atomic mass is 10.3. The number of amides is 2.